The van der Waals surface area contributed by atoms with Gasteiger partial charge < -0.3 is 10.1 Å². The van der Waals surface area contributed by atoms with Gasteiger partial charge >= 0.3 is 0 Å². The minimum atomic E-state index is -0.112. The van der Waals surface area contributed by atoms with Crippen molar-refractivity contribution < 1.29 is 9.53 Å². The highest BCUT2D eigenvalue weighted by molar-refractivity contribution is 7.09. The molecule has 1 amide bonds. The number of carbonyl (C=O) groups excluding carboxylic acids is 1. The second-order valence-electron chi connectivity index (χ2n) is 6.03. The lowest BCUT2D eigenvalue weighted by molar-refractivity contribution is -0.117. The van der Waals surface area contributed by atoms with Crippen LogP contribution >= 0.6 is 34.5 Å². The highest BCUT2D eigenvalue weighted by atomic mass is 35.5. The molecule has 1 aliphatic heterocycles. The molecule has 1 atom stereocenters. The number of hydrogen-bond acceptors (Lipinski definition) is 4. The largest absolute Gasteiger partial charge is 0.377 e. The maximum Gasteiger partial charge on any atom is 0.238 e. The first kappa shape index (κ1) is 18.7. The third kappa shape index (κ3) is 5.43. The van der Waals surface area contributed by atoms with E-state index in [0.29, 0.717) is 15.7 Å². The van der Waals surface area contributed by atoms with Crippen LogP contribution in [0.3, 0.4) is 0 Å². The van der Waals surface area contributed by atoms with E-state index in [0.717, 1.165) is 32.5 Å². The van der Waals surface area contributed by atoms with Crippen molar-refractivity contribution in [3.8, 4) is 0 Å². The Bertz CT molecular complexity index is 703. The number of carbonyl (C=O) groups is 1. The van der Waals surface area contributed by atoms with Crippen molar-refractivity contribution in [2.45, 2.75) is 25.5 Å². The molecule has 0 saturated carbocycles. The number of rotatable bonds is 7. The van der Waals surface area contributed by atoms with Gasteiger partial charge in [0, 0.05) is 24.6 Å². The molecule has 4 nitrogen and oxygen atoms in total. The minimum Gasteiger partial charge on any atom is -0.377 e. The van der Waals surface area contributed by atoms with Crippen LogP contribution in [0, 0.1) is 0 Å². The first-order valence-corrected chi connectivity index (χ1v) is 9.85. The number of halogens is 2. The van der Waals surface area contributed by atoms with Crippen LogP contribution in [0.15, 0.2) is 35.7 Å². The van der Waals surface area contributed by atoms with E-state index in [-0.39, 0.29) is 18.6 Å². The highest BCUT2D eigenvalue weighted by Gasteiger charge is 2.21. The molecule has 1 aromatic heterocycles. The van der Waals surface area contributed by atoms with Gasteiger partial charge in [-0.3, -0.25) is 9.69 Å². The van der Waals surface area contributed by atoms with Crippen LogP contribution in [0.5, 0.6) is 0 Å². The molecule has 0 unspecified atom stereocenters. The molecular weight excluding hydrogens is 379 g/mol. The molecule has 1 saturated heterocycles. The summed E-state index contributed by atoms with van der Waals surface area (Å²) in [7, 11) is 0. The second kappa shape index (κ2) is 9.01. The fourth-order valence-corrected chi connectivity index (χ4v) is 3.97. The molecule has 0 aliphatic carbocycles. The van der Waals surface area contributed by atoms with Crippen molar-refractivity contribution in [1.82, 2.24) is 4.90 Å². The molecule has 2 aromatic rings. The van der Waals surface area contributed by atoms with E-state index in [1.54, 1.807) is 29.5 Å². The van der Waals surface area contributed by atoms with Crippen molar-refractivity contribution in [1.29, 1.82) is 0 Å². The summed E-state index contributed by atoms with van der Waals surface area (Å²) >= 11 is 13.8. The average molecular weight is 399 g/mol. The SMILES string of the molecule is O=C(CN(Cc1cccs1)C[C@@H]1CCCO1)Nc1cccc(Cl)c1Cl. The summed E-state index contributed by atoms with van der Waals surface area (Å²) in [6, 6.07) is 9.31. The van der Waals surface area contributed by atoms with Gasteiger partial charge in [-0.25, -0.2) is 0 Å². The first-order chi connectivity index (χ1) is 12.1. The number of anilines is 1. The van der Waals surface area contributed by atoms with E-state index >= 15 is 0 Å². The lowest BCUT2D eigenvalue weighted by Gasteiger charge is -2.24. The maximum absolute atomic E-state index is 12.5. The Morgan fingerprint density at radius 1 is 1.32 bits per heavy atom. The quantitative estimate of drug-likeness (QED) is 0.736. The Balaban J connectivity index is 1.63. The number of nitrogens with one attached hydrogen (secondary N) is 1. The summed E-state index contributed by atoms with van der Waals surface area (Å²) in [5, 5.41) is 5.69. The first-order valence-electron chi connectivity index (χ1n) is 8.22. The molecule has 0 spiro atoms. The molecule has 3 rings (SSSR count). The van der Waals surface area contributed by atoms with E-state index in [2.05, 4.69) is 16.3 Å². The molecule has 7 heteroatoms. The third-order valence-corrected chi connectivity index (χ3v) is 5.72. The number of ether oxygens (including phenoxy) is 1. The fraction of sp³-hybridized carbons (Fsp3) is 0.389. The Hall–Kier alpha value is -1.11. The smallest absolute Gasteiger partial charge is 0.238 e. The van der Waals surface area contributed by atoms with Crippen LogP contribution in [0.25, 0.3) is 0 Å². The van der Waals surface area contributed by atoms with E-state index in [4.69, 9.17) is 27.9 Å². The molecule has 1 aliphatic rings. The number of nitrogens with zero attached hydrogens (tertiary/aromatic N) is 1. The summed E-state index contributed by atoms with van der Waals surface area (Å²) in [4.78, 5) is 15.8. The zero-order chi connectivity index (χ0) is 17.6. The molecule has 1 N–H and O–H groups in total. The van der Waals surface area contributed by atoms with Crippen molar-refractivity contribution >= 4 is 46.1 Å². The number of hydrogen-bond donors (Lipinski definition) is 1. The molecule has 1 fully saturated rings. The van der Waals surface area contributed by atoms with Crippen LogP contribution in [0.4, 0.5) is 5.69 Å². The lowest BCUT2D eigenvalue weighted by atomic mass is 10.2. The third-order valence-electron chi connectivity index (χ3n) is 4.04. The van der Waals surface area contributed by atoms with Crippen molar-refractivity contribution in [2.24, 2.45) is 0 Å². The van der Waals surface area contributed by atoms with Gasteiger partial charge in [0.15, 0.2) is 0 Å². The van der Waals surface area contributed by atoms with Gasteiger partial charge in [0.2, 0.25) is 5.91 Å². The van der Waals surface area contributed by atoms with Crippen LogP contribution in [-0.4, -0.2) is 36.6 Å². The monoisotopic (exact) mass is 398 g/mol. The van der Waals surface area contributed by atoms with Gasteiger partial charge in [-0.05, 0) is 36.4 Å². The van der Waals surface area contributed by atoms with Gasteiger partial charge in [0.1, 0.15) is 0 Å². The molecule has 2 heterocycles. The Kier molecular flexibility index (Phi) is 6.73. The standard InChI is InChI=1S/C18H20Cl2N2O2S/c19-15-6-1-7-16(18(15)20)21-17(23)12-22(10-13-4-2-8-24-13)11-14-5-3-9-25-14/h1,3,5-7,9,13H,2,4,8,10-12H2,(H,21,23)/t13-/m0/s1. The van der Waals surface area contributed by atoms with Crippen molar-refractivity contribution in [3.05, 3.63) is 50.6 Å². The summed E-state index contributed by atoms with van der Waals surface area (Å²) < 4.78 is 5.73. The summed E-state index contributed by atoms with van der Waals surface area (Å²) in [5.41, 5.74) is 0.535. The van der Waals surface area contributed by atoms with Crippen LogP contribution in [0.1, 0.15) is 17.7 Å². The maximum atomic E-state index is 12.5. The summed E-state index contributed by atoms with van der Waals surface area (Å²) in [6.45, 7) is 2.56. The van der Waals surface area contributed by atoms with Gasteiger partial charge in [0.25, 0.3) is 0 Å². The summed E-state index contributed by atoms with van der Waals surface area (Å²) in [5.74, 6) is -0.112. The number of amides is 1. The minimum absolute atomic E-state index is 0.112. The van der Waals surface area contributed by atoms with Crippen LogP contribution < -0.4 is 5.32 Å². The fourth-order valence-electron chi connectivity index (χ4n) is 2.88. The molecule has 0 bridgehead atoms. The predicted octanol–water partition coefficient (Wildman–Crippen LogP) is 4.67. The normalized spacial score (nSPS) is 17.2. The van der Waals surface area contributed by atoms with Gasteiger partial charge in [0.05, 0.1) is 28.4 Å². The topological polar surface area (TPSA) is 41.6 Å². The number of thiophene rings is 1. The molecule has 0 radical (unpaired) electrons. The van der Waals surface area contributed by atoms with Crippen molar-refractivity contribution in [2.75, 3.05) is 25.0 Å². The van der Waals surface area contributed by atoms with Gasteiger partial charge in [-0.2, -0.15) is 0 Å². The summed E-state index contributed by atoms with van der Waals surface area (Å²) in [6.07, 6.45) is 2.33. The van der Waals surface area contributed by atoms with E-state index in [1.165, 1.54) is 4.88 Å². The van der Waals surface area contributed by atoms with Gasteiger partial charge in [-0.1, -0.05) is 35.3 Å². The Morgan fingerprint density at radius 3 is 2.92 bits per heavy atom. The lowest BCUT2D eigenvalue weighted by Crippen LogP contribution is -2.37. The highest BCUT2D eigenvalue weighted by Crippen LogP contribution is 2.29. The number of benzene rings is 1. The average Bonchev–Trinajstić information content (AvgIpc) is 3.26. The van der Waals surface area contributed by atoms with Gasteiger partial charge in [-0.15, -0.1) is 11.3 Å². The van der Waals surface area contributed by atoms with E-state index in [1.807, 2.05) is 11.4 Å². The zero-order valence-electron chi connectivity index (χ0n) is 13.7. The Morgan fingerprint density at radius 2 is 2.20 bits per heavy atom. The Labute approximate surface area is 161 Å². The molecule has 1 aromatic carbocycles. The zero-order valence-corrected chi connectivity index (χ0v) is 16.0. The van der Waals surface area contributed by atoms with E-state index < -0.39 is 0 Å². The molecular formula is C18H20Cl2N2O2S. The molecule has 134 valence electrons. The second-order valence-corrected chi connectivity index (χ2v) is 7.85. The van der Waals surface area contributed by atoms with E-state index in [9.17, 15) is 4.79 Å². The predicted molar refractivity (Wildman–Crippen MR) is 104 cm³/mol. The molecule has 25 heavy (non-hydrogen) atoms. The van der Waals surface area contributed by atoms with Crippen LogP contribution in [-0.2, 0) is 16.1 Å². The van der Waals surface area contributed by atoms with Crippen molar-refractivity contribution in [3.63, 3.8) is 0 Å². The van der Waals surface area contributed by atoms with Crippen LogP contribution in [0.2, 0.25) is 10.0 Å².